The van der Waals surface area contributed by atoms with Gasteiger partial charge in [0.25, 0.3) is 0 Å². The molecule has 1 saturated heterocycles. The molecule has 1 N–H and O–H groups in total. The topological polar surface area (TPSA) is 70.1 Å². The highest BCUT2D eigenvalue weighted by Gasteiger charge is 2.43. The number of benzene rings is 1. The van der Waals surface area contributed by atoms with Gasteiger partial charge in [0, 0.05) is 48.7 Å². The van der Waals surface area contributed by atoms with Crippen LogP contribution in [0.5, 0.6) is 0 Å². The molecule has 0 spiro atoms. The molecule has 1 saturated carbocycles. The molecule has 6 rings (SSSR count). The van der Waals surface area contributed by atoms with Crippen LogP contribution < -0.4 is 15.1 Å². The molecule has 2 fully saturated rings. The molecule has 4 heterocycles. The van der Waals surface area contributed by atoms with Gasteiger partial charge in [0.2, 0.25) is 5.95 Å². The smallest absolute Gasteiger partial charge is 0.226 e. The molecule has 2 aliphatic heterocycles. The first-order valence-corrected chi connectivity index (χ1v) is 11.8. The minimum Gasteiger partial charge on any atom is -0.356 e. The van der Waals surface area contributed by atoms with Crippen molar-refractivity contribution >= 4 is 34.9 Å². The maximum atomic E-state index is 13.4. The second kappa shape index (κ2) is 8.09. The van der Waals surface area contributed by atoms with Crippen molar-refractivity contribution in [2.45, 2.75) is 32.2 Å². The van der Waals surface area contributed by atoms with E-state index in [2.05, 4.69) is 36.1 Å². The summed E-state index contributed by atoms with van der Waals surface area (Å²) >= 11 is 6.58. The molecular formula is C24H25ClFN7. The average Bonchev–Trinajstić information content (AvgIpc) is 3.31. The molecule has 170 valence electrons. The fraction of sp³-hybridized carbons (Fsp3) is 0.417. The monoisotopic (exact) mass is 465 g/mol. The zero-order valence-electron chi connectivity index (χ0n) is 18.4. The lowest BCUT2D eigenvalue weighted by atomic mass is 9.92. The number of aromatic nitrogens is 4. The van der Waals surface area contributed by atoms with Gasteiger partial charge < -0.3 is 15.1 Å². The van der Waals surface area contributed by atoms with Crippen LogP contribution in [0, 0.1) is 24.6 Å². The van der Waals surface area contributed by atoms with Crippen LogP contribution >= 0.6 is 11.6 Å². The summed E-state index contributed by atoms with van der Waals surface area (Å²) in [6, 6.07) is 8.86. The Morgan fingerprint density at radius 2 is 1.82 bits per heavy atom. The van der Waals surface area contributed by atoms with E-state index >= 15 is 0 Å². The highest BCUT2D eigenvalue weighted by atomic mass is 35.5. The van der Waals surface area contributed by atoms with Gasteiger partial charge in [-0.05, 0) is 62.3 Å². The predicted octanol–water partition coefficient (Wildman–Crippen LogP) is 4.39. The molecule has 1 aromatic carbocycles. The minimum absolute atomic E-state index is 0.250. The van der Waals surface area contributed by atoms with Gasteiger partial charge in [0.05, 0.1) is 0 Å². The highest BCUT2D eigenvalue weighted by Crippen LogP contribution is 2.41. The van der Waals surface area contributed by atoms with Crippen molar-refractivity contribution in [3.8, 4) is 0 Å². The van der Waals surface area contributed by atoms with Crippen LogP contribution in [0.1, 0.15) is 24.1 Å². The van der Waals surface area contributed by atoms with Crippen LogP contribution in [-0.4, -0.2) is 45.6 Å². The first-order chi connectivity index (χ1) is 16.0. The fourth-order valence-electron chi connectivity index (χ4n) is 5.56. The third-order valence-electron chi connectivity index (χ3n) is 7.16. The first kappa shape index (κ1) is 20.6. The summed E-state index contributed by atoms with van der Waals surface area (Å²) in [5.74, 6) is 3.11. The van der Waals surface area contributed by atoms with Crippen molar-refractivity contribution < 1.29 is 4.39 Å². The van der Waals surface area contributed by atoms with Crippen LogP contribution in [0.25, 0.3) is 0 Å². The zero-order chi connectivity index (χ0) is 22.5. The third-order valence-corrected chi connectivity index (χ3v) is 7.47. The number of halogens is 2. The van der Waals surface area contributed by atoms with Crippen LogP contribution in [-0.2, 0) is 6.42 Å². The minimum atomic E-state index is -0.250. The van der Waals surface area contributed by atoms with Gasteiger partial charge in [-0.15, -0.1) is 0 Å². The molecule has 33 heavy (non-hydrogen) atoms. The number of rotatable bonds is 4. The second-order valence-corrected chi connectivity index (χ2v) is 9.57. The average molecular weight is 466 g/mol. The van der Waals surface area contributed by atoms with Gasteiger partial charge >= 0.3 is 0 Å². The number of aryl methyl sites for hydroxylation is 1. The molecule has 0 unspecified atom stereocenters. The summed E-state index contributed by atoms with van der Waals surface area (Å²) in [5.41, 5.74) is 2.84. The Labute approximate surface area is 197 Å². The van der Waals surface area contributed by atoms with Crippen molar-refractivity contribution in [1.82, 2.24) is 19.9 Å². The van der Waals surface area contributed by atoms with E-state index in [9.17, 15) is 4.39 Å². The van der Waals surface area contributed by atoms with Crippen molar-refractivity contribution in [2.24, 2.45) is 11.8 Å². The zero-order valence-corrected chi connectivity index (χ0v) is 19.1. The number of piperidine rings is 1. The molecule has 1 aliphatic carbocycles. The van der Waals surface area contributed by atoms with Crippen LogP contribution in [0.3, 0.4) is 0 Å². The summed E-state index contributed by atoms with van der Waals surface area (Å²) in [6.07, 6.45) is 4.75. The SMILES string of the molecule is Cc1cc(N2C[C@H]3CC[C@@H](C2)[C@@H]3Nc2nc(Cl)c3c(n2)N(c2ccc(F)cc2)CC3)ncn1. The number of hydrogen-bond donors (Lipinski definition) is 1. The largest absolute Gasteiger partial charge is 0.356 e. The van der Waals surface area contributed by atoms with Crippen LogP contribution in [0.4, 0.5) is 27.7 Å². The Hall–Kier alpha value is -3.00. The maximum Gasteiger partial charge on any atom is 0.226 e. The van der Waals surface area contributed by atoms with Gasteiger partial charge in [-0.1, -0.05) is 11.6 Å². The van der Waals surface area contributed by atoms with E-state index in [1.54, 1.807) is 18.5 Å². The second-order valence-electron chi connectivity index (χ2n) is 9.21. The van der Waals surface area contributed by atoms with E-state index in [1.165, 1.54) is 25.0 Å². The summed E-state index contributed by atoms with van der Waals surface area (Å²) < 4.78 is 13.4. The Balaban J connectivity index is 1.23. The van der Waals surface area contributed by atoms with Crippen molar-refractivity contribution in [3.63, 3.8) is 0 Å². The summed E-state index contributed by atoms with van der Waals surface area (Å²) in [4.78, 5) is 22.6. The number of fused-ring (bicyclic) bond motifs is 3. The lowest BCUT2D eigenvalue weighted by Gasteiger charge is -2.39. The number of hydrogen-bond acceptors (Lipinski definition) is 7. The van der Waals surface area contributed by atoms with Gasteiger partial charge in [0.15, 0.2) is 0 Å². The van der Waals surface area contributed by atoms with E-state index in [-0.39, 0.29) is 5.82 Å². The van der Waals surface area contributed by atoms with Gasteiger partial charge in [-0.25, -0.2) is 19.3 Å². The lowest BCUT2D eigenvalue weighted by Crippen LogP contribution is -2.48. The normalized spacial score (nSPS) is 23.7. The predicted molar refractivity (Wildman–Crippen MR) is 127 cm³/mol. The Bertz CT molecular complexity index is 1170. The first-order valence-electron chi connectivity index (χ1n) is 11.4. The molecule has 3 aliphatic rings. The quantitative estimate of drug-likeness (QED) is 0.573. The summed E-state index contributed by atoms with van der Waals surface area (Å²) in [5, 5.41) is 4.12. The van der Waals surface area contributed by atoms with E-state index in [4.69, 9.17) is 16.6 Å². The number of nitrogens with zero attached hydrogens (tertiary/aromatic N) is 6. The molecule has 3 aromatic rings. The molecule has 9 heteroatoms. The van der Waals surface area contributed by atoms with Crippen LogP contribution in [0.15, 0.2) is 36.7 Å². The van der Waals surface area contributed by atoms with Crippen molar-refractivity contribution in [2.75, 3.05) is 34.8 Å². The lowest BCUT2D eigenvalue weighted by molar-refractivity contribution is 0.374. The van der Waals surface area contributed by atoms with Gasteiger partial charge in [0.1, 0.15) is 28.9 Å². The standard InChI is InChI=1S/C24H25ClFN7/c1-14-10-20(28-13-27-14)32-11-15-2-3-16(12-32)21(15)29-24-30-22(25)19-8-9-33(23(19)31-24)18-6-4-17(26)5-7-18/h4-7,10,13,15-16,21H,2-3,8-9,11-12H2,1H3,(H,29,30,31)/t15-,16+,21-. The van der Waals surface area contributed by atoms with Gasteiger partial charge in [-0.2, -0.15) is 4.98 Å². The molecule has 2 bridgehead atoms. The summed E-state index contributed by atoms with van der Waals surface area (Å²) in [6.45, 7) is 4.65. The molecule has 0 amide bonds. The number of nitrogens with one attached hydrogen (secondary N) is 1. The molecule has 0 radical (unpaired) electrons. The third kappa shape index (κ3) is 3.76. The molecule has 7 nitrogen and oxygen atoms in total. The van der Waals surface area contributed by atoms with E-state index < -0.39 is 0 Å². The number of anilines is 4. The van der Waals surface area contributed by atoms with Crippen molar-refractivity contribution in [3.05, 3.63) is 58.9 Å². The molecule has 3 atom stereocenters. The van der Waals surface area contributed by atoms with Crippen LogP contribution in [0.2, 0.25) is 5.15 Å². The fourth-order valence-corrected chi connectivity index (χ4v) is 5.82. The Kier molecular flexibility index (Phi) is 5.05. The molecular weight excluding hydrogens is 441 g/mol. The highest BCUT2D eigenvalue weighted by molar-refractivity contribution is 6.30. The Morgan fingerprint density at radius 3 is 2.55 bits per heavy atom. The molecule has 2 aromatic heterocycles. The Morgan fingerprint density at radius 1 is 1.06 bits per heavy atom. The van der Waals surface area contributed by atoms with Gasteiger partial charge in [-0.3, -0.25) is 0 Å². The van der Waals surface area contributed by atoms with E-state index in [0.29, 0.717) is 29.0 Å². The summed E-state index contributed by atoms with van der Waals surface area (Å²) in [7, 11) is 0. The van der Waals surface area contributed by atoms with E-state index in [0.717, 1.165) is 54.6 Å². The van der Waals surface area contributed by atoms with Crippen molar-refractivity contribution in [1.29, 1.82) is 0 Å². The van der Waals surface area contributed by atoms with E-state index in [1.807, 2.05) is 6.92 Å². The maximum absolute atomic E-state index is 13.4.